The Morgan fingerprint density at radius 3 is 2.29 bits per heavy atom. The van der Waals surface area contributed by atoms with Crippen molar-refractivity contribution in [2.75, 3.05) is 10.5 Å². The van der Waals surface area contributed by atoms with Crippen LogP contribution in [0.15, 0.2) is 24.3 Å². The van der Waals surface area contributed by atoms with E-state index in [0.717, 1.165) is 12.8 Å². The van der Waals surface area contributed by atoms with Gasteiger partial charge in [0.05, 0.1) is 18.0 Å². The summed E-state index contributed by atoms with van der Waals surface area (Å²) in [6.07, 6.45) is 7.65. The lowest BCUT2D eigenvalue weighted by Crippen LogP contribution is -2.17. The van der Waals surface area contributed by atoms with Gasteiger partial charge in [0.15, 0.2) is 0 Å². The Bertz CT molecular complexity index is 500. The lowest BCUT2D eigenvalue weighted by molar-refractivity contribution is 0.282. The number of sulfonamides is 1. The average Bonchev–Trinajstić information content (AvgIpc) is 2.46. The highest BCUT2D eigenvalue weighted by atomic mass is 32.2. The van der Waals surface area contributed by atoms with Crippen LogP contribution in [0.2, 0.25) is 0 Å². The minimum Gasteiger partial charge on any atom is -0.392 e. The van der Waals surface area contributed by atoms with Crippen molar-refractivity contribution in [1.82, 2.24) is 0 Å². The molecule has 0 saturated heterocycles. The fourth-order valence-corrected chi connectivity index (χ4v) is 3.45. The van der Waals surface area contributed by atoms with Crippen LogP contribution in [0, 0.1) is 0 Å². The highest BCUT2D eigenvalue weighted by Crippen LogP contribution is 2.17. The van der Waals surface area contributed by atoms with Crippen LogP contribution >= 0.6 is 0 Å². The van der Waals surface area contributed by atoms with E-state index >= 15 is 0 Å². The lowest BCUT2D eigenvalue weighted by atomic mass is 10.1. The third-order valence-corrected chi connectivity index (χ3v) is 4.83. The topological polar surface area (TPSA) is 66.4 Å². The molecule has 5 heteroatoms. The van der Waals surface area contributed by atoms with Crippen molar-refractivity contribution in [3.63, 3.8) is 0 Å². The molecule has 0 unspecified atom stereocenters. The number of aliphatic hydroxyl groups excluding tert-OH is 1. The molecule has 0 aliphatic rings. The Morgan fingerprint density at radius 2 is 1.62 bits per heavy atom. The molecule has 0 saturated carbocycles. The third-order valence-electron chi connectivity index (χ3n) is 3.47. The Balaban J connectivity index is 2.33. The number of hydrogen-bond donors (Lipinski definition) is 2. The van der Waals surface area contributed by atoms with Crippen LogP contribution in [0.25, 0.3) is 0 Å². The molecule has 0 spiro atoms. The van der Waals surface area contributed by atoms with Crippen LogP contribution in [0.1, 0.15) is 57.4 Å². The third kappa shape index (κ3) is 7.48. The first-order valence-electron chi connectivity index (χ1n) is 7.78. The van der Waals surface area contributed by atoms with E-state index in [1.165, 1.54) is 25.7 Å². The van der Waals surface area contributed by atoms with Gasteiger partial charge in [-0.15, -0.1) is 0 Å². The second kappa shape index (κ2) is 9.79. The first-order chi connectivity index (χ1) is 10.1. The number of aliphatic hydroxyl groups is 1. The van der Waals surface area contributed by atoms with Crippen LogP contribution in [0.4, 0.5) is 5.69 Å². The van der Waals surface area contributed by atoms with E-state index < -0.39 is 10.0 Å². The fraction of sp³-hybridized carbons (Fsp3) is 0.625. The van der Waals surface area contributed by atoms with Crippen LogP contribution in [0.3, 0.4) is 0 Å². The van der Waals surface area contributed by atoms with Crippen LogP contribution in [0.5, 0.6) is 0 Å². The monoisotopic (exact) mass is 313 g/mol. The van der Waals surface area contributed by atoms with Gasteiger partial charge in [-0.05, 0) is 12.5 Å². The van der Waals surface area contributed by atoms with Gasteiger partial charge in [-0.25, -0.2) is 8.42 Å². The van der Waals surface area contributed by atoms with E-state index in [1.807, 2.05) is 0 Å². The van der Waals surface area contributed by atoms with Gasteiger partial charge in [-0.1, -0.05) is 63.6 Å². The van der Waals surface area contributed by atoms with Gasteiger partial charge in [0.25, 0.3) is 0 Å². The minimum atomic E-state index is -3.33. The number of para-hydroxylation sites is 1. The average molecular weight is 313 g/mol. The van der Waals surface area contributed by atoms with Gasteiger partial charge in [0, 0.05) is 5.56 Å². The molecule has 1 rings (SSSR count). The SMILES string of the molecule is CCCCCCCCCS(=O)(=O)Nc1ccccc1CO. The summed E-state index contributed by atoms with van der Waals surface area (Å²) in [4.78, 5) is 0. The molecule has 0 atom stereocenters. The van der Waals surface area contributed by atoms with Gasteiger partial charge in [0.1, 0.15) is 0 Å². The number of unbranched alkanes of at least 4 members (excludes halogenated alkanes) is 6. The largest absolute Gasteiger partial charge is 0.392 e. The quantitative estimate of drug-likeness (QED) is 0.613. The second-order valence-electron chi connectivity index (χ2n) is 5.36. The molecule has 0 radical (unpaired) electrons. The fourth-order valence-electron chi connectivity index (χ4n) is 2.23. The molecule has 2 N–H and O–H groups in total. The summed E-state index contributed by atoms with van der Waals surface area (Å²) in [5.74, 6) is 0.139. The van der Waals surface area contributed by atoms with Crippen LogP contribution < -0.4 is 4.72 Å². The maximum absolute atomic E-state index is 12.0. The van der Waals surface area contributed by atoms with E-state index in [-0.39, 0.29) is 12.4 Å². The number of nitrogens with one attached hydrogen (secondary N) is 1. The van der Waals surface area contributed by atoms with Crippen molar-refractivity contribution in [3.8, 4) is 0 Å². The van der Waals surface area contributed by atoms with E-state index in [0.29, 0.717) is 17.7 Å². The summed E-state index contributed by atoms with van der Waals surface area (Å²) in [5.41, 5.74) is 1.07. The molecular formula is C16H27NO3S. The molecule has 21 heavy (non-hydrogen) atoms. The minimum absolute atomic E-state index is 0.139. The van der Waals surface area contributed by atoms with Crippen LogP contribution in [-0.4, -0.2) is 19.3 Å². The number of rotatable bonds is 11. The van der Waals surface area contributed by atoms with Gasteiger partial charge in [-0.3, -0.25) is 4.72 Å². The van der Waals surface area contributed by atoms with E-state index in [1.54, 1.807) is 24.3 Å². The molecule has 0 amide bonds. The molecule has 0 aliphatic heterocycles. The molecular weight excluding hydrogens is 286 g/mol. The van der Waals surface area contributed by atoms with Crippen molar-refractivity contribution in [3.05, 3.63) is 29.8 Å². The van der Waals surface area contributed by atoms with Crippen molar-refractivity contribution in [1.29, 1.82) is 0 Å². The standard InChI is InChI=1S/C16H27NO3S/c1-2-3-4-5-6-7-10-13-21(19,20)17-16-12-9-8-11-15(16)14-18/h8-9,11-12,17-18H,2-7,10,13-14H2,1H3. The molecule has 4 nitrogen and oxygen atoms in total. The zero-order valence-electron chi connectivity index (χ0n) is 12.8. The van der Waals surface area contributed by atoms with Gasteiger partial charge in [0.2, 0.25) is 10.0 Å². The molecule has 1 aromatic rings. The summed E-state index contributed by atoms with van der Waals surface area (Å²) in [7, 11) is -3.33. The first kappa shape index (κ1) is 18.0. The summed E-state index contributed by atoms with van der Waals surface area (Å²) >= 11 is 0. The van der Waals surface area contributed by atoms with Gasteiger partial charge >= 0.3 is 0 Å². The molecule has 1 aromatic carbocycles. The van der Waals surface area contributed by atoms with Crippen molar-refractivity contribution >= 4 is 15.7 Å². The predicted octanol–water partition coefficient (Wildman–Crippen LogP) is 3.67. The highest BCUT2D eigenvalue weighted by Gasteiger charge is 2.12. The normalized spacial score (nSPS) is 11.5. The Labute approximate surface area is 128 Å². The number of hydrogen-bond acceptors (Lipinski definition) is 3. The molecule has 0 aromatic heterocycles. The van der Waals surface area contributed by atoms with Crippen molar-refractivity contribution < 1.29 is 13.5 Å². The highest BCUT2D eigenvalue weighted by molar-refractivity contribution is 7.92. The molecule has 0 heterocycles. The predicted molar refractivity (Wildman–Crippen MR) is 87.8 cm³/mol. The zero-order valence-corrected chi connectivity index (χ0v) is 13.7. The van der Waals surface area contributed by atoms with Crippen molar-refractivity contribution in [2.24, 2.45) is 0 Å². The molecule has 0 fully saturated rings. The summed E-state index contributed by atoms with van der Waals surface area (Å²) in [6, 6.07) is 6.92. The van der Waals surface area contributed by atoms with Gasteiger partial charge < -0.3 is 5.11 Å². The maximum atomic E-state index is 12.0. The lowest BCUT2D eigenvalue weighted by Gasteiger charge is -2.11. The zero-order chi connectivity index (χ0) is 15.6. The van der Waals surface area contributed by atoms with Gasteiger partial charge in [-0.2, -0.15) is 0 Å². The van der Waals surface area contributed by atoms with Crippen LogP contribution in [-0.2, 0) is 16.6 Å². The van der Waals surface area contributed by atoms with Crippen molar-refractivity contribution in [2.45, 2.75) is 58.5 Å². The summed E-state index contributed by atoms with van der Waals surface area (Å²) in [6.45, 7) is 2.01. The molecule has 120 valence electrons. The molecule has 0 aliphatic carbocycles. The Kier molecular flexibility index (Phi) is 8.38. The van der Waals surface area contributed by atoms with E-state index in [2.05, 4.69) is 11.6 Å². The van der Waals surface area contributed by atoms with E-state index in [4.69, 9.17) is 0 Å². The van der Waals surface area contributed by atoms with E-state index in [9.17, 15) is 13.5 Å². The Hall–Kier alpha value is -1.07. The first-order valence-corrected chi connectivity index (χ1v) is 9.43. The summed E-state index contributed by atoms with van der Waals surface area (Å²) < 4.78 is 26.6. The number of anilines is 1. The summed E-state index contributed by atoms with van der Waals surface area (Å²) in [5, 5.41) is 9.20. The second-order valence-corrected chi connectivity index (χ2v) is 7.20. The smallest absolute Gasteiger partial charge is 0.232 e. The number of benzene rings is 1. The maximum Gasteiger partial charge on any atom is 0.232 e. The molecule has 0 bridgehead atoms. The Morgan fingerprint density at radius 1 is 1.00 bits per heavy atom.